The van der Waals surface area contributed by atoms with Gasteiger partial charge in [-0.3, -0.25) is 9.89 Å². The highest BCUT2D eigenvalue weighted by Gasteiger charge is 2.14. The highest BCUT2D eigenvalue weighted by molar-refractivity contribution is 5.90. The number of carbonyl (C=O) groups is 1. The van der Waals surface area contributed by atoms with Gasteiger partial charge < -0.3 is 11.1 Å². The van der Waals surface area contributed by atoms with E-state index in [1.54, 1.807) is 0 Å². The monoisotopic (exact) mass is 224 g/mol. The lowest BCUT2D eigenvalue weighted by Gasteiger charge is -2.17. The van der Waals surface area contributed by atoms with Crippen LogP contribution in [0.5, 0.6) is 0 Å². The van der Waals surface area contributed by atoms with E-state index in [2.05, 4.69) is 15.5 Å². The summed E-state index contributed by atoms with van der Waals surface area (Å²) < 4.78 is 0. The molecule has 0 saturated heterocycles. The zero-order valence-electron chi connectivity index (χ0n) is 10.3. The lowest BCUT2D eigenvalue weighted by Crippen LogP contribution is -2.33. The van der Waals surface area contributed by atoms with Gasteiger partial charge in [-0.2, -0.15) is 5.10 Å². The van der Waals surface area contributed by atoms with E-state index in [4.69, 9.17) is 5.73 Å². The molecule has 5 heteroatoms. The van der Waals surface area contributed by atoms with Crippen molar-refractivity contribution in [3.05, 3.63) is 11.3 Å². The molecule has 0 aliphatic rings. The molecule has 0 aliphatic heterocycles. The predicted octanol–water partition coefficient (Wildman–Crippen LogP) is 1.48. The van der Waals surface area contributed by atoms with Gasteiger partial charge in [0.25, 0.3) is 0 Å². The highest BCUT2D eigenvalue weighted by Crippen LogP contribution is 2.15. The van der Waals surface area contributed by atoms with Crippen LogP contribution in [0.1, 0.15) is 37.9 Å². The van der Waals surface area contributed by atoms with Gasteiger partial charge in [-0.1, -0.05) is 0 Å². The first kappa shape index (κ1) is 12.7. The summed E-state index contributed by atoms with van der Waals surface area (Å²) in [7, 11) is 0. The van der Waals surface area contributed by atoms with Crippen molar-refractivity contribution in [3.8, 4) is 0 Å². The van der Waals surface area contributed by atoms with E-state index in [-0.39, 0.29) is 11.4 Å². The number of H-pyrrole nitrogens is 1. The third-order valence-corrected chi connectivity index (χ3v) is 2.51. The lowest BCUT2D eigenvalue weighted by molar-refractivity contribution is -0.116. The van der Waals surface area contributed by atoms with Crippen LogP contribution in [-0.4, -0.2) is 21.6 Å². The Labute approximate surface area is 95.8 Å². The summed E-state index contributed by atoms with van der Waals surface area (Å²) in [5.41, 5.74) is 7.44. The fraction of sp³-hybridized carbons (Fsp3) is 0.636. The van der Waals surface area contributed by atoms with Crippen LogP contribution >= 0.6 is 0 Å². The zero-order valence-corrected chi connectivity index (χ0v) is 10.3. The Bertz CT molecular complexity index is 376. The van der Waals surface area contributed by atoms with Crippen LogP contribution in [0.3, 0.4) is 0 Å². The topological polar surface area (TPSA) is 83.8 Å². The second-order valence-corrected chi connectivity index (χ2v) is 4.86. The average Bonchev–Trinajstić information content (AvgIpc) is 2.46. The van der Waals surface area contributed by atoms with Gasteiger partial charge in [0.15, 0.2) is 5.82 Å². The number of carbonyl (C=O) groups excluding carboxylic acids is 1. The second-order valence-electron chi connectivity index (χ2n) is 4.86. The molecule has 0 atom stereocenters. The molecule has 1 rings (SSSR count). The minimum atomic E-state index is -0.312. The van der Waals surface area contributed by atoms with Crippen LogP contribution in [0, 0.1) is 13.8 Å². The van der Waals surface area contributed by atoms with E-state index in [1.165, 1.54) is 0 Å². The summed E-state index contributed by atoms with van der Waals surface area (Å²) in [6, 6.07) is 0. The molecule has 1 aromatic heterocycles. The molecule has 0 aliphatic carbocycles. The normalized spacial score (nSPS) is 11.6. The number of amides is 1. The molecule has 16 heavy (non-hydrogen) atoms. The van der Waals surface area contributed by atoms with Crippen LogP contribution < -0.4 is 11.1 Å². The van der Waals surface area contributed by atoms with Gasteiger partial charge >= 0.3 is 0 Å². The van der Waals surface area contributed by atoms with E-state index in [1.807, 2.05) is 27.7 Å². The third kappa shape index (κ3) is 3.66. The molecule has 0 saturated carbocycles. The first-order chi connectivity index (χ1) is 7.29. The van der Waals surface area contributed by atoms with Crippen molar-refractivity contribution in [2.24, 2.45) is 5.73 Å². The summed E-state index contributed by atoms with van der Waals surface area (Å²) in [5, 5.41) is 9.60. The molecule has 0 unspecified atom stereocenters. The van der Waals surface area contributed by atoms with Crippen LogP contribution in [-0.2, 0) is 4.79 Å². The molecule has 0 spiro atoms. The van der Waals surface area contributed by atoms with Crippen molar-refractivity contribution in [1.29, 1.82) is 0 Å². The Morgan fingerprint density at radius 1 is 1.50 bits per heavy atom. The van der Waals surface area contributed by atoms with Gasteiger partial charge in [0.2, 0.25) is 5.91 Å². The molecule has 0 radical (unpaired) electrons. The van der Waals surface area contributed by atoms with Gasteiger partial charge in [-0.15, -0.1) is 0 Å². The van der Waals surface area contributed by atoms with Gasteiger partial charge in [0, 0.05) is 23.2 Å². The number of hydrogen-bond donors (Lipinski definition) is 3. The quantitative estimate of drug-likeness (QED) is 0.724. The first-order valence-electron chi connectivity index (χ1n) is 5.40. The Morgan fingerprint density at radius 3 is 2.56 bits per heavy atom. The summed E-state index contributed by atoms with van der Waals surface area (Å²) >= 11 is 0. The third-order valence-electron chi connectivity index (χ3n) is 2.51. The molecule has 4 N–H and O–H groups in total. The van der Waals surface area contributed by atoms with E-state index >= 15 is 0 Å². The highest BCUT2D eigenvalue weighted by atomic mass is 16.1. The van der Waals surface area contributed by atoms with Crippen molar-refractivity contribution in [3.63, 3.8) is 0 Å². The molecule has 1 amide bonds. The number of nitrogens with zero attached hydrogens (tertiary/aromatic N) is 1. The minimum Gasteiger partial charge on any atom is -0.326 e. The van der Waals surface area contributed by atoms with Crippen LogP contribution in [0.25, 0.3) is 0 Å². The number of anilines is 1. The van der Waals surface area contributed by atoms with Crippen molar-refractivity contribution >= 4 is 11.7 Å². The fourth-order valence-corrected chi connectivity index (χ4v) is 1.24. The summed E-state index contributed by atoms with van der Waals surface area (Å²) in [4.78, 5) is 11.6. The number of aromatic nitrogens is 2. The Balaban J connectivity index is 2.49. The molecule has 0 fully saturated rings. The standard InChI is InChI=1S/C11H20N4O/c1-7-8(2)14-15-10(7)13-9(16)5-6-11(3,4)12/h5-6,12H2,1-4H3,(H2,13,14,15,16). The molecule has 1 heterocycles. The number of rotatable bonds is 4. The van der Waals surface area contributed by atoms with E-state index in [0.717, 1.165) is 11.3 Å². The summed E-state index contributed by atoms with van der Waals surface area (Å²) in [6.07, 6.45) is 1.07. The van der Waals surface area contributed by atoms with Crippen molar-refractivity contribution in [2.75, 3.05) is 5.32 Å². The van der Waals surface area contributed by atoms with Crippen molar-refractivity contribution < 1.29 is 4.79 Å². The average molecular weight is 224 g/mol. The maximum atomic E-state index is 11.6. The van der Waals surface area contributed by atoms with E-state index < -0.39 is 0 Å². The van der Waals surface area contributed by atoms with Crippen LogP contribution in [0.15, 0.2) is 0 Å². The first-order valence-corrected chi connectivity index (χ1v) is 5.40. The van der Waals surface area contributed by atoms with Crippen LogP contribution in [0.4, 0.5) is 5.82 Å². The van der Waals surface area contributed by atoms with Crippen molar-refractivity contribution in [2.45, 2.75) is 46.1 Å². The lowest BCUT2D eigenvalue weighted by atomic mass is 10.00. The van der Waals surface area contributed by atoms with Gasteiger partial charge in [0.1, 0.15) is 0 Å². The number of aromatic amines is 1. The molecule has 0 bridgehead atoms. The summed E-state index contributed by atoms with van der Waals surface area (Å²) in [6.45, 7) is 7.65. The largest absolute Gasteiger partial charge is 0.326 e. The van der Waals surface area contributed by atoms with Gasteiger partial charge in [0.05, 0.1) is 0 Å². The Hall–Kier alpha value is -1.36. The molecular weight excluding hydrogens is 204 g/mol. The molecule has 90 valence electrons. The number of nitrogens with one attached hydrogen (secondary N) is 2. The smallest absolute Gasteiger partial charge is 0.225 e. The molecule has 5 nitrogen and oxygen atoms in total. The number of hydrogen-bond acceptors (Lipinski definition) is 3. The Morgan fingerprint density at radius 2 is 2.12 bits per heavy atom. The van der Waals surface area contributed by atoms with E-state index in [0.29, 0.717) is 18.7 Å². The van der Waals surface area contributed by atoms with Crippen LogP contribution in [0.2, 0.25) is 0 Å². The predicted molar refractivity (Wildman–Crippen MR) is 64.2 cm³/mol. The molecular formula is C11H20N4O. The van der Waals surface area contributed by atoms with Crippen molar-refractivity contribution in [1.82, 2.24) is 10.2 Å². The SMILES string of the molecule is Cc1[nH]nc(NC(=O)CCC(C)(C)N)c1C. The van der Waals surface area contributed by atoms with Gasteiger partial charge in [-0.25, -0.2) is 0 Å². The van der Waals surface area contributed by atoms with E-state index in [9.17, 15) is 4.79 Å². The van der Waals surface area contributed by atoms with Gasteiger partial charge in [-0.05, 0) is 34.1 Å². The maximum absolute atomic E-state index is 11.6. The molecule has 0 aromatic carbocycles. The number of nitrogens with two attached hydrogens (primary N) is 1. The molecule has 1 aromatic rings. The number of aryl methyl sites for hydroxylation is 1. The second kappa shape index (κ2) is 4.65. The Kier molecular flexibility index (Phi) is 3.70. The maximum Gasteiger partial charge on any atom is 0.225 e. The minimum absolute atomic E-state index is 0.0480. The zero-order chi connectivity index (χ0) is 12.3. The fourth-order valence-electron chi connectivity index (χ4n) is 1.24. The summed E-state index contributed by atoms with van der Waals surface area (Å²) in [5.74, 6) is 0.561.